The van der Waals surface area contributed by atoms with Crippen molar-refractivity contribution in [1.82, 2.24) is 19.4 Å². The first-order valence-corrected chi connectivity index (χ1v) is 9.43. The van der Waals surface area contributed by atoms with Crippen LogP contribution in [0.25, 0.3) is 11.5 Å². The van der Waals surface area contributed by atoms with Crippen LogP contribution in [0.1, 0.15) is 24.4 Å². The number of aromatic nitrogens is 3. The number of oxazole rings is 1. The molecule has 6 heteroatoms. The molecule has 1 unspecified atom stereocenters. The van der Waals surface area contributed by atoms with Gasteiger partial charge in [0.05, 0.1) is 12.1 Å². The van der Waals surface area contributed by atoms with E-state index in [1.165, 1.54) is 0 Å². The number of likely N-dealkylation sites (tertiary alicyclic amines) is 1. The van der Waals surface area contributed by atoms with Gasteiger partial charge in [0.25, 0.3) is 0 Å². The molecule has 0 saturated carbocycles. The lowest BCUT2D eigenvalue weighted by molar-refractivity contribution is -0.132. The molecule has 3 heterocycles. The number of nitrogens with zero attached hydrogens (tertiary/aromatic N) is 4. The number of imidazole rings is 1. The van der Waals surface area contributed by atoms with Crippen molar-refractivity contribution in [1.29, 1.82) is 0 Å². The van der Waals surface area contributed by atoms with Gasteiger partial charge in [0.2, 0.25) is 11.8 Å². The molecule has 1 atom stereocenters. The van der Waals surface area contributed by atoms with Crippen molar-refractivity contribution in [3.8, 4) is 11.5 Å². The Balaban J connectivity index is 1.37. The lowest BCUT2D eigenvalue weighted by atomic mass is 9.94. The molecule has 1 aromatic carbocycles. The third-order valence-electron chi connectivity index (χ3n) is 5.17. The maximum absolute atomic E-state index is 12.8. The highest BCUT2D eigenvalue weighted by Crippen LogP contribution is 2.22. The van der Waals surface area contributed by atoms with E-state index in [0.29, 0.717) is 17.5 Å². The summed E-state index contributed by atoms with van der Waals surface area (Å²) in [6, 6.07) is 9.74. The zero-order valence-electron chi connectivity index (χ0n) is 15.5. The predicted molar refractivity (Wildman–Crippen MR) is 102 cm³/mol. The fourth-order valence-corrected chi connectivity index (χ4v) is 3.68. The molecule has 1 saturated heterocycles. The number of carbonyl (C=O) groups excluding carboxylic acids is 1. The van der Waals surface area contributed by atoms with Gasteiger partial charge in [-0.25, -0.2) is 9.97 Å². The Labute approximate surface area is 158 Å². The number of benzene rings is 1. The fraction of sp³-hybridized carbons (Fsp3) is 0.381. The molecule has 27 heavy (non-hydrogen) atoms. The van der Waals surface area contributed by atoms with Crippen molar-refractivity contribution in [2.75, 3.05) is 13.1 Å². The van der Waals surface area contributed by atoms with Crippen LogP contribution >= 0.6 is 0 Å². The van der Waals surface area contributed by atoms with Gasteiger partial charge in [0.1, 0.15) is 12.1 Å². The summed E-state index contributed by atoms with van der Waals surface area (Å²) in [5.41, 5.74) is 1.61. The van der Waals surface area contributed by atoms with E-state index in [-0.39, 0.29) is 12.3 Å². The number of amides is 1. The quantitative estimate of drug-likeness (QED) is 0.698. The zero-order valence-corrected chi connectivity index (χ0v) is 15.5. The van der Waals surface area contributed by atoms with Crippen LogP contribution in [0, 0.1) is 5.92 Å². The van der Waals surface area contributed by atoms with Crippen LogP contribution in [0.3, 0.4) is 0 Å². The SMILES string of the molecule is Cn1ccnc1CC1CCCN(C(=O)Cc2coc(-c3ccccc3)n2)C1. The van der Waals surface area contributed by atoms with Gasteiger partial charge in [0.15, 0.2) is 0 Å². The number of rotatable bonds is 5. The Morgan fingerprint density at radius 1 is 1.30 bits per heavy atom. The van der Waals surface area contributed by atoms with Crippen LogP contribution in [-0.2, 0) is 24.7 Å². The van der Waals surface area contributed by atoms with E-state index >= 15 is 0 Å². The highest BCUT2D eigenvalue weighted by molar-refractivity contribution is 5.78. The van der Waals surface area contributed by atoms with E-state index < -0.39 is 0 Å². The summed E-state index contributed by atoms with van der Waals surface area (Å²) >= 11 is 0. The van der Waals surface area contributed by atoms with E-state index in [4.69, 9.17) is 4.42 Å². The predicted octanol–water partition coefficient (Wildman–Crippen LogP) is 3.10. The molecule has 0 bridgehead atoms. The lowest BCUT2D eigenvalue weighted by Gasteiger charge is -2.32. The van der Waals surface area contributed by atoms with Crippen LogP contribution in [0.5, 0.6) is 0 Å². The van der Waals surface area contributed by atoms with Gasteiger partial charge in [-0.15, -0.1) is 0 Å². The number of piperidine rings is 1. The van der Waals surface area contributed by atoms with Gasteiger partial charge < -0.3 is 13.9 Å². The van der Waals surface area contributed by atoms with E-state index in [9.17, 15) is 4.79 Å². The third-order valence-corrected chi connectivity index (χ3v) is 5.17. The minimum atomic E-state index is 0.118. The van der Waals surface area contributed by atoms with Gasteiger partial charge in [-0.2, -0.15) is 0 Å². The Morgan fingerprint density at radius 3 is 2.93 bits per heavy atom. The standard InChI is InChI=1S/C21H24N4O2/c1-24-11-9-22-19(24)12-16-6-5-10-25(14-16)20(26)13-18-15-27-21(23-18)17-7-3-2-4-8-17/h2-4,7-9,11,15-16H,5-6,10,12-14H2,1H3. The summed E-state index contributed by atoms with van der Waals surface area (Å²) in [6.45, 7) is 1.61. The first kappa shape index (κ1) is 17.5. The molecular formula is C21H24N4O2. The van der Waals surface area contributed by atoms with Gasteiger partial charge >= 0.3 is 0 Å². The summed E-state index contributed by atoms with van der Waals surface area (Å²) in [5.74, 6) is 2.22. The lowest BCUT2D eigenvalue weighted by Crippen LogP contribution is -2.41. The van der Waals surface area contributed by atoms with E-state index in [0.717, 1.165) is 43.7 Å². The average Bonchev–Trinajstić information content (AvgIpc) is 3.32. The Morgan fingerprint density at radius 2 is 2.15 bits per heavy atom. The molecule has 140 valence electrons. The topological polar surface area (TPSA) is 64.2 Å². The second-order valence-electron chi connectivity index (χ2n) is 7.19. The van der Waals surface area contributed by atoms with Crippen molar-refractivity contribution >= 4 is 5.91 Å². The van der Waals surface area contributed by atoms with Crippen LogP contribution in [0.15, 0.2) is 53.4 Å². The maximum Gasteiger partial charge on any atom is 0.228 e. The van der Waals surface area contributed by atoms with E-state index in [2.05, 4.69) is 14.5 Å². The molecule has 0 N–H and O–H groups in total. The largest absolute Gasteiger partial charge is 0.444 e. The molecule has 6 nitrogen and oxygen atoms in total. The van der Waals surface area contributed by atoms with E-state index in [1.54, 1.807) is 6.26 Å². The van der Waals surface area contributed by atoms with Gasteiger partial charge in [0, 0.05) is 44.5 Å². The molecule has 1 amide bonds. The van der Waals surface area contributed by atoms with Crippen LogP contribution < -0.4 is 0 Å². The molecule has 1 aliphatic heterocycles. The molecule has 4 rings (SSSR count). The fourth-order valence-electron chi connectivity index (χ4n) is 3.68. The average molecular weight is 364 g/mol. The molecule has 0 aliphatic carbocycles. The van der Waals surface area contributed by atoms with Crippen molar-refractivity contribution in [2.45, 2.75) is 25.7 Å². The van der Waals surface area contributed by atoms with E-state index in [1.807, 2.05) is 54.7 Å². The molecule has 1 fully saturated rings. The van der Waals surface area contributed by atoms with Crippen LogP contribution in [0.4, 0.5) is 0 Å². The van der Waals surface area contributed by atoms with Crippen molar-refractivity contribution in [3.05, 3.63) is 60.5 Å². The van der Waals surface area contributed by atoms with Crippen molar-refractivity contribution < 1.29 is 9.21 Å². The first-order chi connectivity index (χ1) is 13.2. The highest BCUT2D eigenvalue weighted by atomic mass is 16.3. The summed E-state index contributed by atoms with van der Waals surface area (Å²) in [5, 5.41) is 0. The highest BCUT2D eigenvalue weighted by Gasteiger charge is 2.25. The maximum atomic E-state index is 12.8. The molecular weight excluding hydrogens is 340 g/mol. The third kappa shape index (κ3) is 4.10. The molecule has 1 aliphatic rings. The molecule has 0 spiro atoms. The van der Waals surface area contributed by atoms with Gasteiger partial charge in [-0.1, -0.05) is 18.2 Å². The first-order valence-electron chi connectivity index (χ1n) is 9.43. The minimum absolute atomic E-state index is 0.118. The monoisotopic (exact) mass is 364 g/mol. The second kappa shape index (κ2) is 7.78. The summed E-state index contributed by atoms with van der Waals surface area (Å²) in [6.07, 6.45) is 8.76. The molecule has 0 radical (unpaired) electrons. The number of hydrogen-bond donors (Lipinski definition) is 0. The zero-order chi connectivity index (χ0) is 18.6. The Kier molecular flexibility index (Phi) is 5.05. The van der Waals surface area contributed by atoms with Gasteiger partial charge in [-0.05, 0) is 30.9 Å². The molecule has 2 aromatic heterocycles. The second-order valence-corrected chi connectivity index (χ2v) is 7.19. The van der Waals surface area contributed by atoms with Crippen molar-refractivity contribution in [3.63, 3.8) is 0 Å². The number of carbonyl (C=O) groups is 1. The molecule has 3 aromatic rings. The van der Waals surface area contributed by atoms with Crippen LogP contribution in [0.2, 0.25) is 0 Å². The summed E-state index contributed by atoms with van der Waals surface area (Å²) in [4.78, 5) is 23.6. The summed E-state index contributed by atoms with van der Waals surface area (Å²) in [7, 11) is 2.02. The van der Waals surface area contributed by atoms with Crippen LogP contribution in [-0.4, -0.2) is 38.4 Å². The Bertz CT molecular complexity index is 900. The number of hydrogen-bond acceptors (Lipinski definition) is 4. The normalized spacial score (nSPS) is 17.2. The minimum Gasteiger partial charge on any atom is -0.444 e. The smallest absolute Gasteiger partial charge is 0.228 e. The van der Waals surface area contributed by atoms with Crippen molar-refractivity contribution in [2.24, 2.45) is 13.0 Å². The van der Waals surface area contributed by atoms with Gasteiger partial charge in [-0.3, -0.25) is 4.79 Å². The number of aryl methyl sites for hydroxylation is 1. The summed E-state index contributed by atoms with van der Waals surface area (Å²) < 4.78 is 7.61. The Hall–Kier alpha value is -2.89.